The minimum absolute atomic E-state index is 0.992. The summed E-state index contributed by atoms with van der Waals surface area (Å²) in [7, 11) is 0. The number of allylic oxidation sites excluding steroid dienone is 3. The smallest absolute Gasteiger partial charge is 0.0697 e. The molecule has 0 saturated carbocycles. The highest BCUT2D eigenvalue weighted by atomic mass is 14.7. The van der Waals surface area contributed by atoms with Crippen LogP contribution in [0.25, 0.3) is 5.70 Å². The fourth-order valence-electron chi connectivity index (χ4n) is 1.15. The van der Waals surface area contributed by atoms with Crippen LogP contribution in [0.3, 0.4) is 0 Å². The molecule has 0 saturated heterocycles. The average molecular weight is 185 g/mol. The molecule has 1 heteroatoms. The van der Waals surface area contributed by atoms with E-state index < -0.39 is 0 Å². The first-order chi connectivity index (χ1) is 6.88. The minimum Gasteiger partial charge on any atom is -0.261 e. The third-order valence-electron chi connectivity index (χ3n) is 1.78. The fourth-order valence-corrected chi connectivity index (χ4v) is 1.15. The first-order valence-electron chi connectivity index (χ1n) is 4.75. The van der Waals surface area contributed by atoms with Crippen molar-refractivity contribution in [3.63, 3.8) is 0 Å². The summed E-state index contributed by atoms with van der Waals surface area (Å²) < 4.78 is 0. The van der Waals surface area contributed by atoms with Gasteiger partial charge in [0.25, 0.3) is 0 Å². The van der Waals surface area contributed by atoms with Gasteiger partial charge in [0.1, 0.15) is 0 Å². The van der Waals surface area contributed by atoms with Crippen LogP contribution >= 0.6 is 0 Å². The Balaban J connectivity index is 3.00. The first-order valence-corrected chi connectivity index (χ1v) is 4.75. The van der Waals surface area contributed by atoms with Crippen molar-refractivity contribution in [3.8, 4) is 0 Å². The summed E-state index contributed by atoms with van der Waals surface area (Å²) in [6.07, 6.45) is 7.81. The standard InChI is InChI=1S/C13H15N/c1-3-5-11-13(14-4-2)12-9-7-6-8-10-12/h3-11H,1-2H3/b5-3-,13-11-,14-4?. The second-order valence-corrected chi connectivity index (χ2v) is 2.83. The number of benzene rings is 1. The van der Waals surface area contributed by atoms with Gasteiger partial charge in [0.15, 0.2) is 0 Å². The first kappa shape index (κ1) is 10.5. The zero-order valence-electron chi connectivity index (χ0n) is 8.64. The molecule has 0 aliphatic carbocycles. The zero-order valence-corrected chi connectivity index (χ0v) is 8.64. The van der Waals surface area contributed by atoms with Crippen molar-refractivity contribution in [2.75, 3.05) is 0 Å². The molecule has 1 nitrogen and oxygen atoms in total. The number of nitrogens with zero attached hydrogens (tertiary/aromatic N) is 1. The minimum atomic E-state index is 0.992. The van der Waals surface area contributed by atoms with Crippen molar-refractivity contribution in [2.24, 2.45) is 4.99 Å². The molecule has 0 unspecified atom stereocenters. The van der Waals surface area contributed by atoms with E-state index in [1.54, 1.807) is 0 Å². The maximum atomic E-state index is 4.32. The van der Waals surface area contributed by atoms with E-state index in [1.807, 2.05) is 56.5 Å². The quantitative estimate of drug-likeness (QED) is 0.503. The number of hydrogen-bond acceptors (Lipinski definition) is 1. The average Bonchev–Trinajstić information content (AvgIpc) is 2.25. The van der Waals surface area contributed by atoms with Crippen LogP contribution < -0.4 is 0 Å². The number of aliphatic imine (C=N–C) groups is 1. The van der Waals surface area contributed by atoms with Crippen LogP contribution in [0.5, 0.6) is 0 Å². The SMILES string of the molecule is CC=N/C(=C\C=C/C)c1ccccc1. The monoisotopic (exact) mass is 185 g/mol. The Morgan fingerprint density at radius 3 is 2.43 bits per heavy atom. The maximum absolute atomic E-state index is 4.32. The molecule has 0 amide bonds. The summed E-state index contributed by atoms with van der Waals surface area (Å²) >= 11 is 0. The van der Waals surface area contributed by atoms with E-state index in [9.17, 15) is 0 Å². The second kappa shape index (κ2) is 5.92. The summed E-state index contributed by atoms with van der Waals surface area (Å²) in [5.74, 6) is 0. The van der Waals surface area contributed by atoms with Gasteiger partial charge in [-0.05, 0) is 19.9 Å². The molecule has 0 N–H and O–H groups in total. The fraction of sp³-hybridized carbons (Fsp3) is 0.154. The van der Waals surface area contributed by atoms with E-state index in [0.29, 0.717) is 0 Å². The van der Waals surface area contributed by atoms with Crippen molar-refractivity contribution < 1.29 is 0 Å². The molecule has 14 heavy (non-hydrogen) atoms. The molecule has 0 aliphatic rings. The number of rotatable bonds is 3. The van der Waals surface area contributed by atoms with Crippen LogP contribution in [0.1, 0.15) is 19.4 Å². The predicted octanol–water partition coefficient (Wildman–Crippen LogP) is 3.69. The van der Waals surface area contributed by atoms with Gasteiger partial charge < -0.3 is 0 Å². The molecule has 0 fully saturated rings. The molecule has 0 bridgehead atoms. The Bertz CT molecular complexity index is 345. The molecule has 0 heterocycles. The lowest BCUT2D eigenvalue weighted by molar-refractivity contribution is 1.50. The van der Waals surface area contributed by atoms with E-state index in [-0.39, 0.29) is 0 Å². The van der Waals surface area contributed by atoms with Crippen molar-refractivity contribution in [1.29, 1.82) is 0 Å². The van der Waals surface area contributed by atoms with E-state index in [0.717, 1.165) is 11.3 Å². The normalized spacial score (nSPS) is 12.9. The van der Waals surface area contributed by atoms with Crippen molar-refractivity contribution in [1.82, 2.24) is 0 Å². The van der Waals surface area contributed by atoms with Crippen molar-refractivity contribution >= 4 is 11.9 Å². The molecule has 0 spiro atoms. The molecule has 1 aromatic rings. The Kier molecular flexibility index (Phi) is 4.42. The second-order valence-electron chi connectivity index (χ2n) is 2.83. The maximum Gasteiger partial charge on any atom is 0.0697 e. The van der Waals surface area contributed by atoms with Crippen molar-refractivity contribution in [2.45, 2.75) is 13.8 Å². The van der Waals surface area contributed by atoms with Gasteiger partial charge in [0.05, 0.1) is 5.70 Å². The lowest BCUT2D eigenvalue weighted by Crippen LogP contribution is -1.79. The van der Waals surface area contributed by atoms with Crippen LogP contribution in [0.4, 0.5) is 0 Å². The third-order valence-corrected chi connectivity index (χ3v) is 1.78. The van der Waals surface area contributed by atoms with Crippen LogP contribution in [0.15, 0.2) is 53.6 Å². The molecule has 0 aromatic heterocycles. The van der Waals surface area contributed by atoms with E-state index in [4.69, 9.17) is 0 Å². The Morgan fingerprint density at radius 1 is 1.14 bits per heavy atom. The van der Waals surface area contributed by atoms with E-state index in [1.165, 1.54) is 0 Å². The summed E-state index contributed by atoms with van der Waals surface area (Å²) in [5, 5.41) is 0. The highest BCUT2D eigenvalue weighted by molar-refractivity contribution is 5.73. The Labute approximate surface area is 85.5 Å². The molecule has 0 radical (unpaired) electrons. The van der Waals surface area contributed by atoms with Gasteiger partial charge >= 0.3 is 0 Å². The largest absolute Gasteiger partial charge is 0.261 e. The molecule has 0 aliphatic heterocycles. The van der Waals surface area contributed by atoms with Crippen LogP contribution in [0, 0.1) is 0 Å². The number of hydrogen-bond donors (Lipinski definition) is 0. The van der Waals surface area contributed by atoms with Crippen LogP contribution in [-0.2, 0) is 0 Å². The van der Waals surface area contributed by atoms with E-state index in [2.05, 4.69) is 17.1 Å². The molecule has 0 atom stereocenters. The van der Waals surface area contributed by atoms with Gasteiger partial charge in [-0.25, -0.2) is 0 Å². The lowest BCUT2D eigenvalue weighted by Gasteiger charge is -1.99. The van der Waals surface area contributed by atoms with Gasteiger partial charge in [-0.15, -0.1) is 0 Å². The van der Waals surface area contributed by atoms with Gasteiger partial charge in [-0.1, -0.05) is 42.5 Å². The van der Waals surface area contributed by atoms with E-state index >= 15 is 0 Å². The van der Waals surface area contributed by atoms with Crippen LogP contribution in [-0.4, -0.2) is 6.21 Å². The third kappa shape index (κ3) is 3.02. The highest BCUT2D eigenvalue weighted by Crippen LogP contribution is 2.14. The Morgan fingerprint density at radius 2 is 1.86 bits per heavy atom. The lowest BCUT2D eigenvalue weighted by atomic mass is 10.1. The molecular formula is C13H15N. The highest BCUT2D eigenvalue weighted by Gasteiger charge is 1.94. The van der Waals surface area contributed by atoms with Gasteiger partial charge in [-0.2, -0.15) is 0 Å². The summed E-state index contributed by atoms with van der Waals surface area (Å²) in [5.41, 5.74) is 2.13. The van der Waals surface area contributed by atoms with Crippen molar-refractivity contribution in [3.05, 3.63) is 54.1 Å². The molecule has 1 aromatic carbocycles. The summed E-state index contributed by atoms with van der Waals surface area (Å²) in [4.78, 5) is 4.32. The van der Waals surface area contributed by atoms with Gasteiger partial charge in [-0.3, -0.25) is 4.99 Å². The molecule has 1 rings (SSSR count). The van der Waals surface area contributed by atoms with Gasteiger partial charge in [0, 0.05) is 11.8 Å². The summed E-state index contributed by atoms with van der Waals surface area (Å²) in [6.45, 7) is 3.92. The van der Waals surface area contributed by atoms with Gasteiger partial charge in [0.2, 0.25) is 0 Å². The molecular weight excluding hydrogens is 170 g/mol. The molecule has 72 valence electrons. The predicted molar refractivity (Wildman–Crippen MR) is 63.4 cm³/mol. The van der Waals surface area contributed by atoms with Crippen LogP contribution in [0.2, 0.25) is 0 Å². The topological polar surface area (TPSA) is 12.4 Å². The Hall–Kier alpha value is -1.63. The summed E-state index contributed by atoms with van der Waals surface area (Å²) in [6, 6.07) is 10.2. The zero-order chi connectivity index (χ0) is 10.2.